The van der Waals surface area contributed by atoms with Crippen molar-refractivity contribution in [2.75, 3.05) is 23.3 Å². The lowest BCUT2D eigenvalue weighted by Crippen LogP contribution is -2.26. The van der Waals surface area contributed by atoms with Crippen molar-refractivity contribution in [2.45, 2.75) is 12.5 Å². The first-order valence-electron chi connectivity index (χ1n) is 8.41. The van der Waals surface area contributed by atoms with Gasteiger partial charge in [-0.1, -0.05) is 12.1 Å². The van der Waals surface area contributed by atoms with Crippen LogP contribution in [-0.4, -0.2) is 38.9 Å². The minimum atomic E-state index is 0.299. The number of hydrogen-bond acceptors (Lipinski definition) is 6. The smallest absolute Gasteiger partial charge is 0.196 e. The molecule has 1 unspecified atom stereocenters. The van der Waals surface area contributed by atoms with Gasteiger partial charge in [0.15, 0.2) is 17.2 Å². The van der Waals surface area contributed by atoms with Crippen molar-refractivity contribution in [3.05, 3.63) is 42.9 Å². The van der Waals surface area contributed by atoms with Crippen molar-refractivity contribution >= 4 is 33.7 Å². The Kier molecular flexibility index (Phi) is 3.12. The van der Waals surface area contributed by atoms with E-state index in [0.29, 0.717) is 6.04 Å². The molecule has 0 amide bonds. The second-order valence-corrected chi connectivity index (χ2v) is 6.42. The van der Waals surface area contributed by atoms with Crippen LogP contribution in [0.4, 0.5) is 11.6 Å². The molecule has 1 N–H and O–H groups in total. The molecule has 1 saturated heterocycles. The van der Waals surface area contributed by atoms with Gasteiger partial charge in [-0.2, -0.15) is 5.10 Å². The van der Waals surface area contributed by atoms with Crippen molar-refractivity contribution < 1.29 is 4.42 Å². The highest BCUT2D eigenvalue weighted by Crippen LogP contribution is 2.31. The predicted octanol–water partition coefficient (Wildman–Crippen LogP) is 2.80. The average Bonchev–Trinajstić information content (AvgIpc) is 3.33. The Morgan fingerprint density at radius 2 is 2.12 bits per heavy atom. The minimum Gasteiger partial charge on any atom is -0.450 e. The maximum Gasteiger partial charge on any atom is 0.196 e. The van der Waals surface area contributed by atoms with Crippen LogP contribution >= 0.6 is 0 Å². The van der Waals surface area contributed by atoms with E-state index in [1.54, 1.807) is 6.33 Å². The number of aryl methyl sites for hydroxylation is 1. The topological polar surface area (TPSA) is 72.0 Å². The molecule has 1 aromatic carbocycles. The number of nitrogens with zero attached hydrogens (tertiary/aromatic N) is 5. The molecule has 1 aliphatic heterocycles. The van der Waals surface area contributed by atoms with E-state index < -0.39 is 0 Å². The van der Waals surface area contributed by atoms with E-state index in [1.807, 2.05) is 48.3 Å². The summed E-state index contributed by atoms with van der Waals surface area (Å²) < 4.78 is 7.82. The molecule has 4 aromatic rings. The number of nitrogens with one attached hydrogen (secondary N) is 1. The summed E-state index contributed by atoms with van der Waals surface area (Å²) in [6.07, 6.45) is 4.60. The first-order chi connectivity index (χ1) is 12.3. The lowest BCUT2D eigenvalue weighted by Gasteiger charge is -2.16. The molecule has 3 aromatic heterocycles. The van der Waals surface area contributed by atoms with E-state index >= 15 is 0 Å². The fourth-order valence-corrected chi connectivity index (χ4v) is 3.48. The summed E-state index contributed by atoms with van der Waals surface area (Å²) in [5.74, 6) is 1.78. The molecule has 126 valence electrons. The quantitative estimate of drug-likeness (QED) is 0.621. The van der Waals surface area contributed by atoms with E-state index in [9.17, 15) is 0 Å². The Morgan fingerprint density at radius 1 is 1.20 bits per heavy atom. The third-order valence-corrected chi connectivity index (χ3v) is 4.71. The van der Waals surface area contributed by atoms with Crippen LogP contribution in [0.25, 0.3) is 22.1 Å². The molecule has 1 fully saturated rings. The van der Waals surface area contributed by atoms with Crippen LogP contribution in [0.5, 0.6) is 0 Å². The van der Waals surface area contributed by atoms with Crippen molar-refractivity contribution in [3.63, 3.8) is 0 Å². The average molecular weight is 334 g/mol. The largest absolute Gasteiger partial charge is 0.450 e. The molecule has 7 nitrogen and oxygen atoms in total. The van der Waals surface area contributed by atoms with Gasteiger partial charge >= 0.3 is 0 Å². The van der Waals surface area contributed by atoms with Crippen LogP contribution in [0, 0.1) is 0 Å². The fraction of sp³-hybridized carbons (Fsp3) is 0.278. The molecule has 0 aliphatic carbocycles. The zero-order valence-corrected chi connectivity index (χ0v) is 13.9. The minimum absolute atomic E-state index is 0.299. The highest BCUT2D eigenvalue weighted by molar-refractivity contribution is 6.05. The van der Waals surface area contributed by atoms with E-state index in [-0.39, 0.29) is 0 Å². The van der Waals surface area contributed by atoms with Gasteiger partial charge in [-0.15, -0.1) is 0 Å². The summed E-state index contributed by atoms with van der Waals surface area (Å²) in [5.41, 5.74) is 2.41. The number of benzene rings is 1. The zero-order valence-electron chi connectivity index (χ0n) is 13.9. The molecule has 0 bridgehead atoms. The number of anilines is 2. The molecular formula is C18H18N6O. The summed E-state index contributed by atoms with van der Waals surface area (Å²) in [5, 5.41) is 9.03. The number of rotatable bonds is 3. The molecule has 5 rings (SSSR count). The molecule has 0 spiro atoms. The highest BCUT2D eigenvalue weighted by Gasteiger charge is 2.25. The molecular weight excluding hydrogens is 316 g/mol. The number of hydrogen-bond donors (Lipinski definition) is 1. The van der Waals surface area contributed by atoms with E-state index in [2.05, 4.69) is 25.3 Å². The monoisotopic (exact) mass is 334 g/mol. The summed E-state index contributed by atoms with van der Waals surface area (Å²) in [6, 6.07) is 10.3. The summed E-state index contributed by atoms with van der Waals surface area (Å²) in [6.45, 7) is 1.87. The predicted molar refractivity (Wildman–Crippen MR) is 96.8 cm³/mol. The number of aromatic nitrogens is 4. The molecule has 1 atom stereocenters. The van der Waals surface area contributed by atoms with Crippen LogP contribution in [-0.2, 0) is 7.05 Å². The van der Waals surface area contributed by atoms with Gasteiger partial charge in [0.1, 0.15) is 17.4 Å². The van der Waals surface area contributed by atoms with Crippen LogP contribution in [0.1, 0.15) is 6.42 Å². The Labute approximate surface area is 144 Å². The molecule has 4 heterocycles. The molecule has 25 heavy (non-hydrogen) atoms. The van der Waals surface area contributed by atoms with Crippen molar-refractivity contribution in [2.24, 2.45) is 7.05 Å². The first-order valence-corrected chi connectivity index (χ1v) is 8.41. The zero-order chi connectivity index (χ0) is 16.8. The lowest BCUT2D eigenvalue weighted by atomic mass is 10.2. The molecule has 0 saturated carbocycles. The normalized spacial score (nSPS) is 17.6. The van der Waals surface area contributed by atoms with Gasteiger partial charge in [-0.3, -0.25) is 4.68 Å². The molecule has 1 aliphatic rings. The van der Waals surface area contributed by atoms with Gasteiger partial charge < -0.3 is 14.6 Å². The Morgan fingerprint density at radius 3 is 3.00 bits per heavy atom. The van der Waals surface area contributed by atoms with Gasteiger partial charge in [0.25, 0.3) is 0 Å². The summed E-state index contributed by atoms with van der Waals surface area (Å²) in [7, 11) is 1.94. The molecule has 7 heteroatoms. The number of para-hydroxylation sites is 1. The summed E-state index contributed by atoms with van der Waals surface area (Å²) >= 11 is 0. The first kappa shape index (κ1) is 14.3. The maximum absolute atomic E-state index is 5.99. The van der Waals surface area contributed by atoms with Crippen molar-refractivity contribution in [1.82, 2.24) is 19.7 Å². The third kappa shape index (κ3) is 2.39. The van der Waals surface area contributed by atoms with Crippen LogP contribution in [0.3, 0.4) is 0 Å². The van der Waals surface area contributed by atoms with Crippen molar-refractivity contribution in [1.29, 1.82) is 0 Å². The number of fused-ring (bicyclic) bond motifs is 3. The fourth-order valence-electron chi connectivity index (χ4n) is 3.48. The van der Waals surface area contributed by atoms with Gasteiger partial charge in [0.05, 0.1) is 0 Å². The van der Waals surface area contributed by atoms with Crippen molar-refractivity contribution in [3.8, 4) is 0 Å². The van der Waals surface area contributed by atoms with Crippen LogP contribution in [0.2, 0.25) is 0 Å². The Balaban J connectivity index is 1.43. The van der Waals surface area contributed by atoms with Gasteiger partial charge in [0, 0.05) is 43.8 Å². The Bertz CT molecular complexity index is 1050. The van der Waals surface area contributed by atoms with E-state index in [4.69, 9.17) is 4.42 Å². The number of furan rings is 1. The Hall–Kier alpha value is -3.09. The van der Waals surface area contributed by atoms with Crippen LogP contribution < -0.4 is 10.2 Å². The second kappa shape index (κ2) is 5.47. The van der Waals surface area contributed by atoms with Gasteiger partial charge in [-0.05, 0) is 18.6 Å². The molecule has 0 radical (unpaired) electrons. The van der Waals surface area contributed by atoms with Crippen LogP contribution in [0.15, 0.2) is 47.3 Å². The van der Waals surface area contributed by atoms with E-state index in [0.717, 1.165) is 53.2 Å². The third-order valence-electron chi connectivity index (χ3n) is 4.71. The lowest BCUT2D eigenvalue weighted by molar-refractivity contribution is 0.664. The second-order valence-electron chi connectivity index (χ2n) is 6.42. The standard InChI is InChI=1S/C18H18N6O/c1-23-8-7-15(22-23)24-9-6-12(10-24)21-18-17-16(19-11-20-18)13-4-2-3-5-14(13)25-17/h2-5,7-8,11-12H,6,9-10H2,1H3,(H,19,20,21). The maximum atomic E-state index is 5.99. The summed E-state index contributed by atoms with van der Waals surface area (Å²) in [4.78, 5) is 11.1. The van der Waals surface area contributed by atoms with E-state index in [1.165, 1.54) is 0 Å². The van der Waals surface area contributed by atoms with Gasteiger partial charge in [0.2, 0.25) is 0 Å². The highest BCUT2D eigenvalue weighted by atomic mass is 16.3. The van der Waals surface area contributed by atoms with Gasteiger partial charge in [-0.25, -0.2) is 9.97 Å². The SMILES string of the molecule is Cn1ccc(N2CCC(Nc3ncnc4c3oc3ccccc34)C2)n1.